The summed E-state index contributed by atoms with van der Waals surface area (Å²) in [6.07, 6.45) is 4.03. The minimum atomic E-state index is 0.519. The number of H-pyrrole nitrogens is 1. The second-order valence-corrected chi connectivity index (χ2v) is 5.72. The van der Waals surface area contributed by atoms with Gasteiger partial charge >= 0.3 is 0 Å². The summed E-state index contributed by atoms with van der Waals surface area (Å²) in [5, 5.41) is 19.1. The second kappa shape index (κ2) is 5.38. The zero-order valence-electron chi connectivity index (χ0n) is 11.6. The van der Waals surface area contributed by atoms with Crippen LogP contribution in [0.5, 0.6) is 0 Å². The lowest BCUT2D eigenvalue weighted by Gasteiger charge is -2.03. The number of aromatic amines is 1. The van der Waals surface area contributed by atoms with Gasteiger partial charge in [-0.15, -0.1) is 5.10 Å². The summed E-state index contributed by atoms with van der Waals surface area (Å²) in [5.41, 5.74) is 1.99. The first-order chi connectivity index (χ1) is 10.8. The Kier molecular flexibility index (Phi) is 3.23. The van der Waals surface area contributed by atoms with Crippen molar-refractivity contribution in [2.45, 2.75) is 18.8 Å². The molecule has 1 fully saturated rings. The predicted octanol–water partition coefficient (Wildman–Crippen LogP) is 3.54. The average Bonchev–Trinajstić information content (AvgIpc) is 3.28. The Bertz CT molecular complexity index is 811. The third kappa shape index (κ3) is 2.78. The first-order valence-corrected chi connectivity index (χ1v) is 7.44. The molecule has 110 valence electrons. The first-order valence-electron chi connectivity index (χ1n) is 7.06. The lowest BCUT2D eigenvalue weighted by molar-refractivity contribution is 0.962. The zero-order valence-corrected chi connectivity index (χ0v) is 12.4. The van der Waals surface area contributed by atoms with E-state index < -0.39 is 0 Å². The number of rotatable bonds is 4. The quantitative estimate of drug-likeness (QED) is 0.770. The van der Waals surface area contributed by atoms with E-state index in [9.17, 15) is 0 Å². The van der Waals surface area contributed by atoms with Gasteiger partial charge in [0.25, 0.3) is 0 Å². The standard InChI is InChI=1S/C15H13ClN6/c16-11-3-1-2-10(6-11)15-19-14(8-17-22-15)18-13-7-12(20-21-13)9-4-5-9/h1-3,6-9H,4-5H2,(H2,18,19,20,21,22). The van der Waals surface area contributed by atoms with Crippen LogP contribution in [0, 0.1) is 0 Å². The van der Waals surface area contributed by atoms with E-state index in [0.717, 1.165) is 11.4 Å². The third-order valence-corrected chi connectivity index (χ3v) is 3.75. The summed E-state index contributed by atoms with van der Waals surface area (Å²) in [6, 6.07) is 9.38. The summed E-state index contributed by atoms with van der Waals surface area (Å²) in [4.78, 5) is 4.45. The smallest absolute Gasteiger partial charge is 0.183 e. The van der Waals surface area contributed by atoms with E-state index in [0.29, 0.717) is 22.6 Å². The van der Waals surface area contributed by atoms with Crippen LogP contribution in [0.25, 0.3) is 11.4 Å². The van der Waals surface area contributed by atoms with Gasteiger partial charge in [0.15, 0.2) is 17.5 Å². The van der Waals surface area contributed by atoms with Gasteiger partial charge < -0.3 is 5.32 Å². The molecule has 22 heavy (non-hydrogen) atoms. The van der Waals surface area contributed by atoms with E-state index in [4.69, 9.17) is 11.6 Å². The van der Waals surface area contributed by atoms with Gasteiger partial charge in [0, 0.05) is 28.3 Å². The SMILES string of the molecule is Clc1cccc(-c2nncc(Nc3cc(C4CC4)[nH]n3)n2)c1. The molecule has 3 aromatic rings. The van der Waals surface area contributed by atoms with Crippen LogP contribution in [-0.4, -0.2) is 25.4 Å². The summed E-state index contributed by atoms with van der Waals surface area (Å²) in [5.74, 6) is 2.48. The minimum Gasteiger partial charge on any atom is -0.322 e. The van der Waals surface area contributed by atoms with Gasteiger partial charge in [-0.2, -0.15) is 10.2 Å². The van der Waals surface area contributed by atoms with Crippen LogP contribution in [0.3, 0.4) is 0 Å². The number of benzene rings is 1. The number of hydrogen-bond acceptors (Lipinski definition) is 5. The van der Waals surface area contributed by atoms with Gasteiger partial charge in [-0.1, -0.05) is 23.7 Å². The van der Waals surface area contributed by atoms with E-state index in [2.05, 4.69) is 30.7 Å². The van der Waals surface area contributed by atoms with Crippen molar-refractivity contribution in [3.05, 3.63) is 47.2 Å². The average molecular weight is 313 g/mol. The Balaban J connectivity index is 1.58. The van der Waals surface area contributed by atoms with E-state index in [1.807, 2.05) is 30.3 Å². The van der Waals surface area contributed by atoms with Gasteiger partial charge in [-0.05, 0) is 25.0 Å². The molecule has 2 aromatic heterocycles. The van der Waals surface area contributed by atoms with Crippen molar-refractivity contribution in [1.29, 1.82) is 0 Å². The monoisotopic (exact) mass is 312 g/mol. The summed E-state index contributed by atoms with van der Waals surface area (Å²) >= 11 is 6.00. The van der Waals surface area contributed by atoms with Crippen LogP contribution in [0.15, 0.2) is 36.5 Å². The van der Waals surface area contributed by atoms with E-state index >= 15 is 0 Å². The molecular weight excluding hydrogens is 300 g/mol. The lowest BCUT2D eigenvalue weighted by atomic mass is 10.2. The molecule has 0 unspecified atom stereocenters. The van der Waals surface area contributed by atoms with Crippen molar-refractivity contribution in [1.82, 2.24) is 25.4 Å². The molecule has 0 aliphatic heterocycles. The van der Waals surface area contributed by atoms with Gasteiger partial charge in [0.05, 0.1) is 6.20 Å². The van der Waals surface area contributed by atoms with Crippen LogP contribution >= 0.6 is 11.6 Å². The molecule has 4 rings (SSSR count). The largest absolute Gasteiger partial charge is 0.322 e. The van der Waals surface area contributed by atoms with Crippen molar-refractivity contribution < 1.29 is 0 Å². The Morgan fingerprint density at radius 1 is 1.18 bits per heavy atom. The molecule has 1 saturated carbocycles. The van der Waals surface area contributed by atoms with Crippen molar-refractivity contribution >= 4 is 23.2 Å². The van der Waals surface area contributed by atoms with Crippen molar-refractivity contribution in [2.24, 2.45) is 0 Å². The molecule has 0 radical (unpaired) electrons. The maximum Gasteiger partial charge on any atom is 0.183 e. The van der Waals surface area contributed by atoms with Crippen LogP contribution < -0.4 is 5.32 Å². The maximum atomic E-state index is 6.00. The van der Waals surface area contributed by atoms with Crippen molar-refractivity contribution in [3.8, 4) is 11.4 Å². The highest BCUT2D eigenvalue weighted by molar-refractivity contribution is 6.30. The minimum absolute atomic E-state index is 0.519. The molecule has 6 nitrogen and oxygen atoms in total. The molecule has 0 atom stereocenters. The Labute approximate surface area is 132 Å². The molecule has 1 aromatic carbocycles. The van der Waals surface area contributed by atoms with E-state index in [-0.39, 0.29) is 0 Å². The Hall–Kier alpha value is -2.47. The molecule has 0 spiro atoms. The van der Waals surface area contributed by atoms with Crippen LogP contribution in [0.4, 0.5) is 11.6 Å². The first kappa shape index (κ1) is 13.2. The van der Waals surface area contributed by atoms with Crippen molar-refractivity contribution in [2.75, 3.05) is 5.32 Å². The van der Waals surface area contributed by atoms with Crippen molar-refractivity contribution in [3.63, 3.8) is 0 Å². The predicted molar refractivity (Wildman–Crippen MR) is 84.1 cm³/mol. The van der Waals surface area contributed by atoms with Crippen LogP contribution in [-0.2, 0) is 0 Å². The molecule has 0 saturated heterocycles. The van der Waals surface area contributed by atoms with Gasteiger partial charge in [-0.3, -0.25) is 5.10 Å². The Morgan fingerprint density at radius 2 is 2.09 bits per heavy atom. The lowest BCUT2D eigenvalue weighted by Crippen LogP contribution is -1.99. The topological polar surface area (TPSA) is 79.4 Å². The van der Waals surface area contributed by atoms with Gasteiger partial charge in [-0.25, -0.2) is 4.98 Å². The fourth-order valence-electron chi connectivity index (χ4n) is 2.25. The fourth-order valence-corrected chi connectivity index (χ4v) is 2.44. The van der Waals surface area contributed by atoms with E-state index in [1.165, 1.54) is 18.5 Å². The number of hydrogen-bond donors (Lipinski definition) is 2. The summed E-state index contributed by atoms with van der Waals surface area (Å²) in [6.45, 7) is 0. The molecular formula is C15H13ClN6. The summed E-state index contributed by atoms with van der Waals surface area (Å²) in [7, 11) is 0. The highest BCUT2D eigenvalue weighted by Gasteiger charge is 2.25. The summed E-state index contributed by atoms with van der Waals surface area (Å²) < 4.78 is 0. The number of anilines is 2. The molecule has 1 aliphatic rings. The van der Waals surface area contributed by atoms with E-state index in [1.54, 1.807) is 6.20 Å². The third-order valence-electron chi connectivity index (χ3n) is 3.51. The number of halogens is 1. The normalized spacial score (nSPS) is 14.0. The molecule has 2 N–H and O–H groups in total. The zero-order chi connectivity index (χ0) is 14.9. The van der Waals surface area contributed by atoms with Crippen LogP contribution in [0.2, 0.25) is 5.02 Å². The van der Waals surface area contributed by atoms with Gasteiger partial charge in [0.1, 0.15) is 0 Å². The highest BCUT2D eigenvalue weighted by Crippen LogP contribution is 2.39. The number of nitrogens with zero attached hydrogens (tertiary/aromatic N) is 4. The highest BCUT2D eigenvalue weighted by atomic mass is 35.5. The molecule has 7 heteroatoms. The molecule has 0 amide bonds. The Morgan fingerprint density at radius 3 is 2.91 bits per heavy atom. The molecule has 0 bridgehead atoms. The molecule has 1 aliphatic carbocycles. The van der Waals surface area contributed by atoms with Gasteiger partial charge in [0.2, 0.25) is 0 Å². The second-order valence-electron chi connectivity index (χ2n) is 5.28. The number of aromatic nitrogens is 5. The fraction of sp³-hybridized carbons (Fsp3) is 0.200. The molecule has 2 heterocycles. The number of nitrogens with one attached hydrogen (secondary N) is 2. The maximum absolute atomic E-state index is 6.00. The van der Waals surface area contributed by atoms with Crippen LogP contribution in [0.1, 0.15) is 24.5 Å².